The summed E-state index contributed by atoms with van der Waals surface area (Å²) in [6.07, 6.45) is 1.08. The van der Waals surface area contributed by atoms with E-state index in [2.05, 4.69) is 15.8 Å². The monoisotopic (exact) mass is 375 g/mol. The van der Waals surface area contributed by atoms with Crippen LogP contribution in [0.5, 0.6) is 0 Å². The van der Waals surface area contributed by atoms with Crippen LogP contribution in [0.3, 0.4) is 0 Å². The summed E-state index contributed by atoms with van der Waals surface area (Å²) < 4.78 is 24.7. The van der Waals surface area contributed by atoms with Gasteiger partial charge in [0.25, 0.3) is 5.91 Å². The number of aryl methyl sites for hydroxylation is 2. The van der Waals surface area contributed by atoms with Crippen molar-refractivity contribution in [3.05, 3.63) is 53.1 Å². The van der Waals surface area contributed by atoms with Gasteiger partial charge >= 0.3 is 0 Å². The molecule has 0 spiro atoms. The molecule has 0 radical (unpaired) electrons. The van der Waals surface area contributed by atoms with Gasteiger partial charge in [-0.05, 0) is 37.1 Å². The Hall–Kier alpha value is -2.45. The van der Waals surface area contributed by atoms with E-state index >= 15 is 0 Å². The third-order valence-corrected chi connectivity index (χ3v) is 6.02. The highest BCUT2D eigenvalue weighted by Gasteiger charge is 2.18. The molecule has 8 heteroatoms. The number of hydrazine groups is 1. The zero-order chi connectivity index (χ0) is 18.2. The number of thiazole rings is 1. The number of aromatic nitrogens is 1. The molecule has 0 aliphatic carbocycles. The number of sulfone groups is 1. The lowest BCUT2D eigenvalue weighted by molar-refractivity contribution is 0.0959. The summed E-state index contributed by atoms with van der Waals surface area (Å²) in [4.78, 5) is 16.8. The predicted molar refractivity (Wildman–Crippen MR) is 99.7 cm³/mol. The molecule has 0 fully saturated rings. The second-order valence-corrected chi connectivity index (χ2v) is 8.73. The van der Waals surface area contributed by atoms with Gasteiger partial charge < -0.3 is 0 Å². The number of benzene rings is 2. The van der Waals surface area contributed by atoms with Crippen molar-refractivity contribution in [3.63, 3.8) is 0 Å². The van der Waals surface area contributed by atoms with Crippen molar-refractivity contribution in [2.75, 3.05) is 11.7 Å². The largest absolute Gasteiger partial charge is 0.273 e. The molecule has 0 saturated heterocycles. The number of nitrogens with one attached hydrogen (secondary N) is 2. The van der Waals surface area contributed by atoms with Crippen LogP contribution in [0.2, 0.25) is 0 Å². The Balaban J connectivity index is 1.85. The predicted octanol–water partition coefficient (Wildman–Crippen LogP) is 3.07. The number of hydrogen-bond acceptors (Lipinski definition) is 6. The minimum absolute atomic E-state index is 0.00899. The number of nitrogens with zero attached hydrogens (tertiary/aromatic N) is 1. The fourth-order valence-corrected chi connectivity index (χ4v) is 4.32. The molecule has 2 aromatic carbocycles. The van der Waals surface area contributed by atoms with Gasteiger partial charge in [0.05, 0.1) is 20.7 Å². The number of carbonyl (C=O) groups excluding carboxylic acids is 1. The van der Waals surface area contributed by atoms with Crippen molar-refractivity contribution < 1.29 is 13.2 Å². The molecule has 130 valence electrons. The first-order valence-electron chi connectivity index (χ1n) is 7.49. The summed E-state index contributed by atoms with van der Waals surface area (Å²) in [6, 6.07) is 10.1. The normalized spacial score (nSPS) is 11.5. The number of anilines is 1. The summed E-state index contributed by atoms with van der Waals surface area (Å²) in [5, 5.41) is 0.539. The van der Waals surface area contributed by atoms with Gasteiger partial charge in [0.1, 0.15) is 0 Å². The molecule has 3 aromatic rings. The van der Waals surface area contributed by atoms with Gasteiger partial charge in [0.2, 0.25) is 5.13 Å². The molecule has 0 unspecified atom stereocenters. The number of fused-ring (bicyclic) bond motifs is 1. The quantitative estimate of drug-likeness (QED) is 0.684. The van der Waals surface area contributed by atoms with Crippen molar-refractivity contribution in [3.8, 4) is 0 Å². The summed E-state index contributed by atoms with van der Waals surface area (Å²) >= 11 is 1.43. The van der Waals surface area contributed by atoms with E-state index in [4.69, 9.17) is 0 Å². The van der Waals surface area contributed by atoms with E-state index in [0.29, 0.717) is 5.13 Å². The van der Waals surface area contributed by atoms with Crippen molar-refractivity contribution in [2.24, 2.45) is 0 Å². The zero-order valence-electron chi connectivity index (χ0n) is 14.0. The van der Waals surface area contributed by atoms with Crippen LogP contribution in [0.25, 0.3) is 10.2 Å². The fourth-order valence-electron chi connectivity index (χ4n) is 2.47. The summed E-state index contributed by atoms with van der Waals surface area (Å²) in [6.45, 7) is 3.98. The molecule has 0 aliphatic rings. The second kappa shape index (κ2) is 6.45. The van der Waals surface area contributed by atoms with Crippen LogP contribution in [0.15, 0.2) is 41.3 Å². The summed E-state index contributed by atoms with van der Waals surface area (Å²) in [7, 11) is -3.49. The molecule has 0 saturated carbocycles. The number of rotatable bonds is 4. The average Bonchev–Trinajstić information content (AvgIpc) is 3.01. The molecule has 1 amide bonds. The van der Waals surface area contributed by atoms with Gasteiger partial charge in [0, 0.05) is 6.26 Å². The van der Waals surface area contributed by atoms with Crippen molar-refractivity contribution >= 4 is 42.4 Å². The van der Waals surface area contributed by atoms with Crippen LogP contribution in [-0.4, -0.2) is 25.6 Å². The average molecular weight is 375 g/mol. The lowest BCUT2D eigenvalue weighted by Crippen LogP contribution is -2.30. The Morgan fingerprint density at radius 3 is 2.44 bits per heavy atom. The van der Waals surface area contributed by atoms with E-state index in [1.54, 1.807) is 12.1 Å². The van der Waals surface area contributed by atoms with Crippen LogP contribution >= 0.6 is 11.3 Å². The number of amides is 1. The minimum Gasteiger partial charge on any atom is -0.273 e. The highest BCUT2D eigenvalue weighted by molar-refractivity contribution is 7.90. The van der Waals surface area contributed by atoms with Crippen LogP contribution in [0, 0.1) is 13.8 Å². The van der Waals surface area contributed by atoms with Crippen molar-refractivity contribution in [1.29, 1.82) is 0 Å². The molecule has 2 N–H and O–H groups in total. The molecule has 1 heterocycles. The topological polar surface area (TPSA) is 88.2 Å². The van der Waals surface area contributed by atoms with Gasteiger partial charge in [0.15, 0.2) is 9.84 Å². The summed E-state index contributed by atoms with van der Waals surface area (Å²) in [5.74, 6) is -0.534. The molecule has 3 rings (SSSR count). The Morgan fingerprint density at radius 2 is 1.76 bits per heavy atom. The highest BCUT2D eigenvalue weighted by Crippen LogP contribution is 2.30. The maximum atomic E-state index is 12.4. The second-order valence-electron chi connectivity index (χ2n) is 5.74. The molecule has 1 aromatic heterocycles. The molecular formula is C17H17N3O3S2. The molecular weight excluding hydrogens is 358 g/mol. The Morgan fingerprint density at radius 1 is 1.08 bits per heavy atom. The standard InChI is InChI=1S/C17H17N3O3S2/c1-10-8-9-11(2)15-14(10)18-17(24-15)20-19-16(21)12-6-4-5-7-13(12)25(3,22)23/h4-9H,1-3H3,(H,18,20)(H,19,21). The number of carbonyl (C=O) groups is 1. The first-order chi connectivity index (χ1) is 11.8. The van der Waals surface area contributed by atoms with Gasteiger partial charge in [-0.25, -0.2) is 13.4 Å². The molecule has 0 atom stereocenters. The number of hydrogen-bond donors (Lipinski definition) is 2. The molecule has 0 bridgehead atoms. The van der Waals surface area contributed by atoms with Crippen LogP contribution in [0.1, 0.15) is 21.5 Å². The van der Waals surface area contributed by atoms with Crippen LogP contribution < -0.4 is 10.9 Å². The van der Waals surface area contributed by atoms with Gasteiger partial charge in [-0.3, -0.25) is 15.6 Å². The smallest absolute Gasteiger partial charge is 0.270 e. The third kappa shape index (κ3) is 3.49. The lowest BCUT2D eigenvalue weighted by atomic mass is 10.1. The first-order valence-corrected chi connectivity index (χ1v) is 10.2. The SMILES string of the molecule is Cc1ccc(C)c2sc(NNC(=O)c3ccccc3S(C)(=O)=O)nc12. The molecule has 6 nitrogen and oxygen atoms in total. The first kappa shape index (κ1) is 17.4. The Bertz CT molecular complexity index is 1030. The van der Waals surface area contributed by atoms with Gasteiger partial charge in [-0.1, -0.05) is 35.6 Å². The van der Waals surface area contributed by atoms with Crippen LogP contribution in [-0.2, 0) is 9.84 Å². The van der Waals surface area contributed by atoms with Gasteiger partial charge in [-0.2, -0.15) is 0 Å². The van der Waals surface area contributed by atoms with E-state index in [1.807, 2.05) is 26.0 Å². The lowest BCUT2D eigenvalue weighted by Gasteiger charge is -2.09. The van der Waals surface area contributed by atoms with E-state index in [1.165, 1.54) is 23.5 Å². The van der Waals surface area contributed by atoms with Crippen molar-refractivity contribution in [1.82, 2.24) is 10.4 Å². The minimum atomic E-state index is -3.49. The maximum Gasteiger partial charge on any atom is 0.270 e. The van der Waals surface area contributed by atoms with Gasteiger partial charge in [-0.15, -0.1) is 0 Å². The van der Waals surface area contributed by atoms with E-state index in [-0.39, 0.29) is 10.5 Å². The zero-order valence-corrected chi connectivity index (χ0v) is 15.6. The highest BCUT2D eigenvalue weighted by atomic mass is 32.2. The molecule has 0 aliphatic heterocycles. The molecule has 25 heavy (non-hydrogen) atoms. The fraction of sp³-hybridized carbons (Fsp3) is 0.176. The van der Waals surface area contributed by atoms with Crippen LogP contribution in [0.4, 0.5) is 5.13 Å². The summed E-state index contributed by atoms with van der Waals surface area (Å²) in [5.41, 5.74) is 8.44. The van der Waals surface area contributed by atoms with Crippen molar-refractivity contribution in [2.45, 2.75) is 18.7 Å². The Labute approximate surface area is 149 Å². The van der Waals surface area contributed by atoms with E-state index in [0.717, 1.165) is 27.6 Å². The van der Waals surface area contributed by atoms with E-state index in [9.17, 15) is 13.2 Å². The maximum absolute atomic E-state index is 12.4. The third-order valence-electron chi connectivity index (χ3n) is 3.76. The Kier molecular flexibility index (Phi) is 4.49. The van der Waals surface area contributed by atoms with E-state index < -0.39 is 15.7 Å².